The van der Waals surface area contributed by atoms with Gasteiger partial charge in [0.05, 0.1) is 4.92 Å². The molecule has 2 rings (SSSR count). The molecule has 0 amide bonds. The first-order valence-electron chi connectivity index (χ1n) is 7.79. The maximum absolute atomic E-state index is 10.8. The average Bonchev–Trinajstić information content (AvgIpc) is 2.48. The number of nitrogens with one attached hydrogen (secondary N) is 1. The Kier molecular flexibility index (Phi) is 5.70. The van der Waals surface area contributed by atoms with Gasteiger partial charge in [0.25, 0.3) is 5.69 Å². The zero-order valence-corrected chi connectivity index (χ0v) is 12.9. The smallest absolute Gasteiger partial charge is 0.269 e. The van der Waals surface area contributed by atoms with E-state index in [-0.39, 0.29) is 16.7 Å². The maximum atomic E-state index is 10.8. The van der Waals surface area contributed by atoms with Crippen LogP contribution in [-0.4, -0.2) is 35.5 Å². The van der Waals surface area contributed by atoms with Crippen LogP contribution in [0.2, 0.25) is 0 Å². The fourth-order valence-electron chi connectivity index (χ4n) is 3.01. The predicted octanol–water partition coefficient (Wildman–Crippen LogP) is 3.12. The minimum absolute atomic E-state index is 0.115. The Morgan fingerprint density at radius 1 is 1.29 bits per heavy atom. The van der Waals surface area contributed by atoms with Crippen LogP contribution in [0.3, 0.4) is 0 Å². The molecule has 1 aliphatic heterocycles. The molecule has 1 aliphatic rings. The molecule has 2 atom stereocenters. The fourth-order valence-corrected chi connectivity index (χ4v) is 3.01. The average molecular weight is 291 g/mol. The van der Waals surface area contributed by atoms with Gasteiger partial charge in [0.15, 0.2) is 0 Å². The Bertz CT molecular complexity index is 472. The van der Waals surface area contributed by atoms with Gasteiger partial charge in [-0.05, 0) is 45.3 Å². The van der Waals surface area contributed by atoms with Gasteiger partial charge in [0, 0.05) is 30.8 Å². The third-order valence-electron chi connectivity index (χ3n) is 4.10. The summed E-state index contributed by atoms with van der Waals surface area (Å²) >= 11 is 0. The van der Waals surface area contributed by atoms with Crippen molar-refractivity contribution >= 4 is 5.69 Å². The lowest BCUT2D eigenvalue weighted by atomic mass is 10.1. The van der Waals surface area contributed by atoms with Crippen LogP contribution in [-0.2, 0) is 0 Å². The zero-order chi connectivity index (χ0) is 15.2. The summed E-state index contributed by atoms with van der Waals surface area (Å²) in [6.45, 7) is 7.67. The number of piperidine rings is 1. The third-order valence-corrected chi connectivity index (χ3v) is 4.10. The second-order valence-electron chi connectivity index (χ2n) is 6.00. The molecule has 1 heterocycles. The van der Waals surface area contributed by atoms with Crippen molar-refractivity contribution in [2.75, 3.05) is 19.6 Å². The lowest BCUT2D eigenvalue weighted by Gasteiger charge is -2.30. The molecule has 5 nitrogen and oxygen atoms in total. The van der Waals surface area contributed by atoms with Crippen LogP contribution in [0.15, 0.2) is 24.3 Å². The fraction of sp³-hybridized carbons (Fsp3) is 0.625. The Labute approximate surface area is 126 Å². The summed E-state index contributed by atoms with van der Waals surface area (Å²) in [5.41, 5.74) is 1.12. The molecule has 5 heteroatoms. The van der Waals surface area contributed by atoms with E-state index in [0.717, 1.165) is 12.1 Å². The van der Waals surface area contributed by atoms with E-state index in [1.807, 2.05) is 6.07 Å². The Balaban J connectivity index is 1.89. The molecule has 0 saturated carbocycles. The minimum atomic E-state index is -0.340. The SMILES string of the molecule is CC(CN1CCCCC1)NC(C)c1cccc([N+](=O)[O-])c1. The second-order valence-corrected chi connectivity index (χ2v) is 6.00. The summed E-state index contributed by atoms with van der Waals surface area (Å²) in [7, 11) is 0. The van der Waals surface area contributed by atoms with Crippen molar-refractivity contribution in [2.45, 2.75) is 45.2 Å². The molecule has 0 spiro atoms. The van der Waals surface area contributed by atoms with E-state index in [2.05, 4.69) is 24.1 Å². The first kappa shape index (κ1) is 15.9. The molecule has 1 aromatic carbocycles. The molecule has 1 saturated heterocycles. The van der Waals surface area contributed by atoms with Gasteiger partial charge >= 0.3 is 0 Å². The first-order valence-corrected chi connectivity index (χ1v) is 7.79. The summed E-state index contributed by atoms with van der Waals surface area (Å²) in [6, 6.07) is 7.37. The van der Waals surface area contributed by atoms with Crippen molar-refractivity contribution < 1.29 is 4.92 Å². The van der Waals surface area contributed by atoms with Gasteiger partial charge in [-0.3, -0.25) is 10.1 Å². The van der Waals surface area contributed by atoms with E-state index < -0.39 is 0 Å². The highest BCUT2D eigenvalue weighted by Gasteiger charge is 2.16. The number of likely N-dealkylation sites (tertiary alicyclic amines) is 1. The molecule has 0 bridgehead atoms. The number of non-ortho nitro benzene ring substituents is 1. The van der Waals surface area contributed by atoms with Crippen LogP contribution in [0.5, 0.6) is 0 Å². The van der Waals surface area contributed by atoms with Gasteiger partial charge in [0.1, 0.15) is 0 Å². The van der Waals surface area contributed by atoms with Gasteiger partial charge in [-0.15, -0.1) is 0 Å². The first-order chi connectivity index (χ1) is 10.1. The van der Waals surface area contributed by atoms with Crippen LogP contribution in [0.25, 0.3) is 0 Å². The molecule has 1 fully saturated rings. The van der Waals surface area contributed by atoms with Gasteiger partial charge < -0.3 is 10.2 Å². The summed E-state index contributed by atoms with van der Waals surface area (Å²) in [4.78, 5) is 13.0. The Morgan fingerprint density at radius 3 is 2.67 bits per heavy atom. The zero-order valence-electron chi connectivity index (χ0n) is 12.9. The predicted molar refractivity (Wildman–Crippen MR) is 84.4 cm³/mol. The van der Waals surface area contributed by atoms with Gasteiger partial charge in [0.2, 0.25) is 0 Å². The summed E-state index contributed by atoms with van der Waals surface area (Å²) < 4.78 is 0. The minimum Gasteiger partial charge on any atom is -0.306 e. The number of hydrogen-bond donors (Lipinski definition) is 1. The normalized spacial score (nSPS) is 19.1. The third kappa shape index (κ3) is 4.79. The highest BCUT2D eigenvalue weighted by atomic mass is 16.6. The molecule has 116 valence electrons. The lowest BCUT2D eigenvalue weighted by Crippen LogP contribution is -2.42. The van der Waals surface area contributed by atoms with Crippen LogP contribution in [0, 0.1) is 10.1 Å². The molecule has 1 aromatic rings. The van der Waals surface area contributed by atoms with Crippen LogP contribution in [0.4, 0.5) is 5.69 Å². The van der Waals surface area contributed by atoms with E-state index in [0.29, 0.717) is 6.04 Å². The Morgan fingerprint density at radius 2 is 2.00 bits per heavy atom. The molecule has 2 unspecified atom stereocenters. The number of rotatable bonds is 6. The number of nitro benzene ring substituents is 1. The molecule has 21 heavy (non-hydrogen) atoms. The Hall–Kier alpha value is -1.46. The van der Waals surface area contributed by atoms with Crippen molar-refractivity contribution in [1.82, 2.24) is 10.2 Å². The van der Waals surface area contributed by atoms with Crippen molar-refractivity contribution in [3.05, 3.63) is 39.9 Å². The molecule has 1 N–H and O–H groups in total. The monoisotopic (exact) mass is 291 g/mol. The summed E-state index contributed by atoms with van der Waals surface area (Å²) in [6.07, 6.45) is 3.95. The van der Waals surface area contributed by atoms with Crippen LogP contribution < -0.4 is 5.32 Å². The molecule has 0 aromatic heterocycles. The second kappa shape index (κ2) is 7.52. The van der Waals surface area contributed by atoms with E-state index in [9.17, 15) is 10.1 Å². The largest absolute Gasteiger partial charge is 0.306 e. The van der Waals surface area contributed by atoms with Crippen molar-refractivity contribution in [3.8, 4) is 0 Å². The van der Waals surface area contributed by atoms with Crippen LogP contribution in [0.1, 0.15) is 44.7 Å². The number of benzene rings is 1. The van der Waals surface area contributed by atoms with E-state index >= 15 is 0 Å². The summed E-state index contributed by atoms with van der Waals surface area (Å²) in [5, 5.41) is 14.4. The lowest BCUT2D eigenvalue weighted by molar-refractivity contribution is -0.384. The van der Waals surface area contributed by atoms with Crippen molar-refractivity contribution in [2.24, 2.45) is 0 Å². The number of hydrogen-bond acceptors (Lipinski definition) is 4. The highest BCUT2D eigenvalue weighted by molar-refractivity contribution is 5.35. The molecular formula is C16H25N3O2. The number of nitrogens with zero attached hydrogens (tertiary/aromatic N) is 2. The van der Waals surface area contributed by atoms with E-state index in [1.54, 1.807) is 12.1 Å². The molecule has 0 aliphatic carbocycles. The quantitative estimate of drug-likeness (QED) is 0.646. The maximum Gasteiger partial charge on any atom is 0.269 e. The van der Waals surface area contributed by atoms with Gasteiger partial charge in [-0.25, -0.2) is 0 Å². The van der Waals surface area contributed by atoms with Gasteiger partial charge in [-0.2, -0.15) is 0 Å². The van der Waals surface area contributed by atoms with Crippen LogP contribution >= 0.6 is 0 Å². The highest BCUT2D eigenvalue weighted by Crippen LogP contribution is 2.19. The van der Waals surface area contributed by atoms with E-state index in [4.69, 9.17) is 0 Å². The topological polar surface area (TPSA) is 58.4 Å². The summed E-state index contributed by atoms with van der Waals surface area (Å²) in [5.74, 6) is 0. The van der Waals surface area contributed by atoms with Crippen molar-refractivity contribution in [3.63, 3.8) is 0 Å². The molecular weight excluding hydrogens is 266 g/mol. The van der Waals surface area contributed by atoms with Crippen molar-refractivity contribution in [1.29, 1.82) is 0 Å². The van der Waals surface area contributed by atoms with Gasteiger partial charge in [-0.1, -0.05) is 18.6 Å². The number of nitro groups is 1. The standard InChI is InChI=1S/C16H25N3O2/c1-13(12-18-9-4-3-5-10-18)17-14(2)15-7-6-8-16(11-15)19(20)21/h6-8,11,13-14,17H,3-5,9-10,12H2,1-2H3. The van der Waals surface area contributed by atoms with E-state index in [1.165, 1.54) is 38.4 Å². The molecule has 0 radical (unpaired) electrons.